The van der Waals surface area contributed by atoms with Crippen LogP contribution in [0.1, 0.15) is 25.8 Å². The molecule has 29 heavy (non-hydrogen) atoms. The molecular formula is C21H26ClN3O2S2. The average Bonchev–Trinajstić information content (AvgIpc) is 3.31. The van der Waals surface area contributed by atoms with Gasteiger partial charge in [-0.2, -0.15) is 0 Å². The van der Waals surface area contributed by atoms with Gasteiger partial charge in [0, 0.05) is 18.9 Å². The number of carbonyl (C=O) groups excluding carboxylic acids is 1. The number of hydrogen-bond donors (Lipinski definition) is 1. The highest BCUT2D eigenvalue weighted by molar-refractivity contribution is 8.27. The Bertz CT molecular complexity index is 834. The first-order chi connectivity index (χ1) is 13.6. The van der Waals surface area contributed by atoms with E-state index in [0.717, 1.165) is 43.1 Å². The van der Waals surface area contributed by atoms with E-state index in [1.165, 1.54) is 11.8 Å². The van der Waals surface area contributed by atoms with Gasteiger partial charge in [-0.05, 0) is 61.5 Å². The standard InChI is InChI=1S/C21H25N3O2S2.ClH/c1-3-23(4-2)12-5-13-26-18-8-6-17(7-9-18)24-20(25)19(28-21(24)27)14-16-10-11-22-15-16;/h6-11,14-15,22H,3-5,12-13H2,1-2H3;1H/b19-14-;. The van der Waals surface area contributed by atoms with Crippen LogP contribution >= 0.6 is 36.4 Å². The Balaban J connectivity index is 0.00000300. The summed E-state index contributed by atoms with van der Waals surface area (Å²) in [5, 5.41) is 0. The first-order valence-electron chi connectivity index (χ1n) is 9.48. The summed E-state index contributed by atoms with van der Waals surface area (Å²) in [5.74, 6) is 0.709. The molecule has 0 bridgehead atoms. The summed E-state index contributed by atoms with van der Waals surface area (Å²) in [6.45, 7) is 8.18. The third-order valence-electron chi connectivity index (χ3n) is 4.59. The number of aromatic amines is 1. The van der Waals surface area contributed by atoms with E-state index in [4.69, 9.17) is 17.0 Å². The number of amides is 1. The highest BCUT2D eigenvalue weighted by Crippen LogP contribution is 2.36. The number of ether oxygens (including phenoxy) is 1. The average molecular weight is 452 g/mol. The summed E-state index contributed by atoms with van der Waals surface area (Å²) in [7, 11) is 0. The third kappa shape index (κ3) is 6.09. The van der Waals surface area contributed by atoms with Crippen molar-refractivity contribution in [1.29, 1.82) is 0 Å². The molecule has 1 N–H and O–H groups in total. The quantitative estimate of drug-likeness (QED) is 0.332. The van der Waals surface area contributed by atoms with Gasteiger partial charge in [-0.1, -0.05) is 37.8 Å². The molecule has 0 atom stereocenters. The Morgan fingerprint density at radius 2 is 1.93 bits per heavy atom. The predicted molar refractivity (Wildman–Crippen MR) is 128 cm³/mol. The van der Waals surface area contributed by atoms with Crippen LogP contribution in [0, 0.1) is 0 Å². The van der Waals surface area contributed by atoms with Crippen LogP contribution in [0.15, 0.2) is 47.6 Å². The zero-order chi connectivity index (χ0) is 19.9. The van der Waals surface area contributed by atoms with Crippen molar-refractivity contribution in [2.45, 2.75) is 20.3 Å². The molecule has 156 valence electrons. The summed E-state index contributed by atoms with van der Waals surface area (Å²) in [5.41, 5.74) is 1.71. The number of thioether (sulfide) groups is 1. The molecule has 2 aromatic rings. The van der Waals surface area contributed by atoms with Gasteiger partial charge in [-0.15, -0.1) is 12.4 Å². The number of thiocarbonyl (C=S) groups is 1. The molecule has 0 spiro atoms. The lowest BCUT2D eigenvalue weighted by Gasteiger charge is -2.18. The van der Waals surface area contributed by atoms with Gasteiger partial charge in [-0.3, -0.25) is 9.69 Å². The first-order valence-corrected chi connectivity index (χ1v) is 10.7. The lowest BCUT2D eigenvalue weighted by molar-refractivity contribution is -0.113. The van der Waals surface area contributed by atoms with E-state index >= 15 is 0 Å². The van der Waals surface area contributed by atoms with Crippen LogP contribution in [0.2, 0.25) is 0 Å². The summed E-state index contributed by atoms with van der Waals surface area (Å²) in [6, 6.07) is 9.45. The molecule has 1 aliphatic rings. The van der Waals surface area contributed by atoms with Crippen LogP contribution in [0.3, 0.4) is 0 Å². The molecule has 5 nitrogen and oxygen atoms in total. The molecule has 1 aliphatic heterocycles. The number of nitrogens with zero attached hydrogens (tertiary/aromatic N) is 2. The van der Waals surface area contributed by atoms with E-state index in [2.05, 4.69) is 23.7 Å². The van der Waals surface area contributed by atoms with E-state index < -0.39 is 0 Å². The van der Waals surface area contributed by atoms with Crippen LogP contribution in [0.25, 0.3) is 6.08 Å². The number of halogens is 1. The van der Waals surface area contributed by atoms with Crippen molar-refractivity contribution >= 4 is 58.4 Å². The summed E-state index contributed by atoms with van der Waals surface area (Å²) >= 11 is 6.74. The predicted octanol–water partition coefficient (Wildman–Crippen LogP) is 4.95. The molecule has 0 unspecified atom stereocenters. The van der Waals surface area contributed by atoms with Crippen molar-refractivity contribution in [2.24, 2.45) is 0 Å². The van der Waals surface area contributed by atoms with Gasteiger partial charge in [0.15, 0.2) is 4.32 Å². The largest absolute Gasteiger partial charge is 0.494 e. The van der Waals surface area contributed by atoms with Gasteiger partial charge in [0.25, 0.3) is 5.91 Å². The molecule has 8 heteroatoms. The second-order valence-electron chi connectivity index (χ2n) is 6.38. The zero-order valence-electron chi connectivity index (χ0n) is 16.6. The maximum Gasteiger partial charge on any atom is 0.270 e. The number of rotatable bonds is 9. The van der Waals surface area contributed by atoms with Crippen LogP contribution < -0.4 is 9.64 Å². The zero-order valence-corrected chi connectivity index (χ0v) is 19.0. The number of carbonyl (C=O) groups is 1. The molecule has 0 saturated carbocycles. The topological polar surface area (TPSA) is 48.6 Å². The highest BCUT2D eigenvalue weighted by Gasteiger charge is 2.33. The maximum absolute atomic E-state index is 12.8. The molecule has 2 heterocycles. The number of hydrogen-bond acceptors (Lipinski definition) is 5. The SMILES string of the molecule is CCN(CC)CCCOc1ccc(N2C(=O)/C(=C/c3cc[nH]c3)SC2=S)cc1.Cl. The third-order valence-corrected chi connectivity index (χ3v) is 5.89. The molecule has 1 aromatic heterocycles. The van der Waals surface area contributed by atoms with Gasteiger partial charge in [0.1, 0.15) is 5.75 Å². The van der Waals surface area contributed by atoms with Crippen LogP contribution in [0.5, 0.6) is 5.75 Å². The second-order valence-corrected chi connectivity index (χ2v) is 8.06. The molecule has 1 amide bonds. The molecular weight excluding hydrogens is 426 g/mol. The van der Waals surface area contributed by atoms with Crippen molar-refractivity contribution in [3.05, 3.63) is 53.2 Å². The number of anilines is 1. The summed E-state index contributed by atoms with van der Waals surface area (Å²) in [6.07, 6.45) is 6.51. The Morgan fingerprint density at radius 1 is 1.21 bits per heavy atom. The van der Waals surface area contributed by atoms with Crippen molar-refractivity contribution in [1.82, 2.24) is 9.88 Å². The minimum Gasteiger partial charge on any atom is -0.494 e. The number of H-pyrrole nitrogens is 1. The maximum atomic E-state index is 12.8. The van der Waals surface area contributed by atoms with Crippen molar-refractivity contribution in [3.63, 3.8) is 0 Å². The minimum absolute atomic E-state index is 0. The fourth-order valence-electron chi connectivity index (χ4n) is 2.98. The molecule has 1 aromatic carbocycles. The van der Waals surface area contributed by atoms with E-state index in [-0.39, 0.29) is 18.3 Å². The fraction of sp³-hybridized carbons (Fsp3) is 0.333. The first kappa shape index (κ1) is 23.5. The van der Waals surface area contributed by atoms with Gasteiger partial charge >= 0.3 is 0 Å². The lowest BCUT2D eigenvalue weighted by Crippen LogP contribution is -2.27. The van der Waals surface area contributed by atoms with E-state index in [1.807, 2.05) is 48.8 Å². The second kappa shape index (κ2) is 11.4. The lowest BCUT2D eigenvalue weighted by atomic mass is 10.2. The van der Waals surface area contributed by atoms with Crippen LogP contribution in [0.4, 0.5) is 5.69 Å². The number of benzene rings is 1. The molecule has 3 rings (SSSR count). The normalized spacial score (nSPS) is 15.3. The van der Waals surface area contributed by atoms with Crippen molar-refractivity contribution in [3.8, 4) is 5.75 Å². The van der Waals surface area contributed by atoms with Gasteiger partial charge in [-0.25, -0.2) is 0 Å². The van der Waals surface area contributed by atoms with Gasteiger partial charge in [0.2, 0.25) is 0 Å². The van der Waals surface area contributed by atoms with Crippen molar-refractivity contribution < 1.29 is 9.53 Å². The smallest absolute Gasteiger partial charge is 0.270 e. The molecule has 0 radical (unpaired) electrons. The molecule has 1 saturated heterocycles. The molecule has 1 fully saturated rings. The monoisotopic (exact) mass is 451 g/mol. The Kier molecular flexibility index (Phi) is 9.23. The number of nitrogens with one attached hydrogen (secondary N) is 1. The van der Waals surface area contributed by atoms with Crippen LogP contribution in [-0.2, 0) is 4.79 Å². The minimum atomic E-state index is -0.0934. The van der Waals surface area contributed by atoms with Gasteiger partial charge < -0.3 is 14.6 Å². The summed E-state index contributed by atoms with van der Waals surface area (Å²) in [4.78, 5) is 20.3. The van der Waals surface area contributed by atoms with E-state index in [1.54, 1.807) is 4.90 Å². The Labute approximate surface area is 187 Å². The van der Waals surface area contributed by atoms with Crippen LogP contribution in [-0.4, -0.2) is 46.4 Å². The summed E-state index contributed by atoms with van der Waals surface area (Å²) < 4.78 is 6.37. The Hall–Kier alpha value is -1.80. The van der Waals surface area contributed by atoms with E-state index in [9.17, 15) is 4.79 Å². The highest BCUT2D eigenvalue weighted by atomic mass is 35.5. The Morgan fingerprint density at radius 3 is 2.55 bits per heavy atom. The van der Waals surface area contributed by atoms with E-state index in [0.29, 0.717) is 15.8 Å². The van der Waals surface area contributed by atoms with Crippen molar-refractivity contribution in [2.75, 3.05) is 31.1 Å². The molecule has 0 aliphatic carbocycles. The fourth-order valence-corrected chi connectivity index (χ4v) is 4.28. The number of aromatic nitrogens is 1. The van der Waals surface area contributed by atoms with Gasteiger partial charge in [0.05, 0.1) is 17.2 Å².